The molecule has 0 aliphatic rings. The van der Waals surface area contributed by atoms with E-state index in [1.54, 1.807) is 0 Å². The van der Waals surface area contributed by atoms with Crippen LogP contribution in [0.4, 0.5) is 4.39 Å². The zero-order chi connectivity index (χ0) is 10.7. The molecule has 0 saturated heterocycles. The molecule has 0 aliphatic carbocycles. The maximum absolute atomic E-state index is 13.3. The van der Waals surface area contributed by atoms with Gasteiger partial charge < -0.3 is 10.5 Å². The van der Waals surface area contributed by atoms with Crippen LogP contribution < -0.4 is 5.73 Å². The van der Waals surface area contributed by atoms with Crippen molar-refractivity contribution in [1.82, 2.24) is 0 Å². The van der Waals surface area contributed by atoms with Crippen LogP contribution in [0.3, 0.4) is 0 Å². The number of ether oxygens (including phenoxy) is 1. The highest BCUT2D eigenvalue weighted by molar-refractivity contribution is 6.30. The van der Waals surface area contributed by atoms with Gasteiger partial charge in [-0.25, -0.2) is 4.39 Å². The Morgan fingerprint density at radius 3 is 2.86 bits per heavy atom. The van der Waals surface area contributed by atoms with Crippen LogP contribution in [-0.4, -0.2) is 13.1 Å². The van der Waals surface area contributed by atoms with Crippen LogP contribution >= 0.6 is 11.6 Å². The summed E-state index contributed by atoms with van der Waals surface area (Å²) >= 11 is 5.52. The first kappa shape index (κ1) is 10.9. The molecular weight excluding hydrogens is 209 g/mol. The fraction of sp³-hybridized carbons (Fsp3) is 0.222. The summed E-state index contributed by atoms with van der Waals surface area (Å²) in [7, 11) is 1.19. The summed E-state index contributed by atoms with van der Waals surface area (Å²) in [5.41, 5.74) is 5.48. The number of hydrogen-bond donors (Lipinski definition) is 1. The second kappa shape index (κ2) is 4.39. The molecule has 14 heavy (non-hydrogen) atoms. The fourth-order valence-electron chi connectivity index (χ4n) is 1.01. The van der Waals surface area contributed by atoms with Crippen LogP contribution in [0, 0.1) is 5.82 Å². The number of esters is 1. The van der Waals surface area contributed by atoms with E-state index in [-0.39, 0.29) is 10.6 Å². The van der Waals surface area contributed by atoms with Gasteiger partial charge in [0.05, 0.1) is 12.1 Å². The average Bonchev–Trinajstić information content (AvgIpc) is 2.20. The standard InChI is InChI=1S/C9H9ClFNO2/c1-14-9(13)8(12)5-3-2-4-6(10)7(5)11/h2-4,8H,12H2,1H3. The van der Waals surface area contributed by atoms with Gasteiger partial charge in [0.1, 0.15) is 11.9 Å². The van der Waals surface area contributed by atoms with Gasteiger partial charge >= 0.3 is 5.97 Å². The third kappa shape index (κ3) is 2.02. The molecule has 76 valence electrons. The van der Waals surface area contributed by atoms with E-state index in [4.69, 9.17) is 17.3 Å². The van der Waals surface area contributed by atoms with E-state index in [1.165, 1.54) is 25.3 Å². The van der Waals surface area contributed by atoms with Gasteiger partial charge in [0.2, 0.25) is 0 Å². The zero-order valence-corrected chi connectivity index (χ0v) is 8.22. The van der Waals surface area contributed by atoms with Crippen LogP contribution in [0.1, 0.15) is 11.6 Å². The molecule has 0 heterocycles. The molecule has 0 bridgehead atoms. The Labute approximate surface area is 85.6 Å². The zero-order valence-electron chi connectivity index (χ0n) is 7.46. The largest absolute Gasteiger partial charge is 0.468 e. The Hall–Kier alpha value is -1.13. The highest BCUT2D eigenvalue weighted by atomic mass is 35.5. The highest BCUT2D eigenvalue weighted by Gasteiger charge is 2.20. The highest BCUT2D eigenvalue weighted by Crippen LogP contribution is 2.22. The fourth-order valence-corrected chi connectivity index (χ4v) is 1.20. The molecule has 1 aromatic rings. The van der Waals surface area contributed by atoms with Crippen molar-refractivity contribution < 1.29 is 13.9 Å². The average molecular weight is 218 g/mol. The molecular formula is C9H9ClFNO2. The molecule has 5 heteroatoms. The SMILES string of the molecule is COC(=O)C(N)c1cccc(Cl)c1F. The lowest BCUT2D eigenvalue weighted by atomic mass is 10.1. The molecule has 0 fully saturated rings. The van der Waals surface area contributed by atoms with Crippen LogP contribution in [0.5, 0.6) is 0 Å². The number of halogens is 2. The third-order valence-electron chi connectivity index (χ3n) is 1.77. The molecule has 0 aliphatic heterocycles. The van der Waals surface area contributed by atoms with E-state index in [0.717, 1.165) is 0 Å². The predicted molar refractivity (Wildman–Crippen MR) is 50.4 cm³/mol. The number of methoxy groups -OCH3 is 1. The second-order valence-corrected chi connectivity index (χ2v) is 3.05. The minimum atomic E-state index is -1.14. The Bertz CT molecular complexity index is 357. The third-order valence-corrected chi connectivity index (χ3v) is 2.06. The lowest BCUT2D eigenvalue weighted by molar-refractivity contribution is -0.142. The lowest BCUT2D eigenvalue weighted by Gasteiger charge is -2.10. The Kier molecular flexibility index (Phi) is 3.43. The van der Waals surface area contributed by atoms with Crippen LogP contribution in [0.15, 0.2) is 18.2 Å². The summed E-state index contributed by atoms with van der Waals surface area (Å²) < 4.78 is 17.7. The summed E-state index contributed by atoms with van der Waals surface area (Å²) in [5.74, 6) is -1.39. The first-order valence-electron chi connectivity index (χ1n) is 3.85. The Balaban J connectivity index is 3.07. The smallest absolute Gasteiger partial charge is 0.327 e. The number of rotatable bonds is 2. The monoisotopic (exact) mass is 217 g/mol. The lowest BCUT2D eigenvalue weighted by Crippen LogP contribution is -2.23. The quantitative estimate of drug-likeness (QED) is 0.767. The summed E-state index contributed by atoms with van der Waals surface area (Å²) in [5, 5.41) is -0.0677. The van der Waals surface area contributed by atoms with Crippen molar-refractivity contribution in [3.8, 4) is 0 Å². The number of carbonyl (C=O) groups excluding carboxylic acids is 1. The van der Waals surface area contributed by atoms with Crippen molar-refractivity contribution in [2.24, 2.45) is 5.73 Å². The van der Waals surface area contributed by atoms with Gasteiger partial charge in [-0.3, -0.25) is 4.79 Å². The predicted octanol–water partition coefficient (Wildman–Crippen LogP) is 1.65. The number of carbonyl (C=O) groups is 1. The van der Waals surface area contributed by atoms with Crippen LogP contribution in [0.2, 0.25) is 5.02 Å². The molecule has 1 unspecified atom stereocenters. The van der Waals surface area contributed by atoms with Crippen LogP contribution in [-0.2, 0) is 9.53 Å². The summed E-state index contributed by atoms with van der Waals surface area (Å²) in [6.45, 7) is 0. The van der Waals surface area contributed by atoms with Gasteiger partial charge in [0.15, 0.2) is 0 Å². The van der Waals surface area contributed by atoms with E-state index in [9.17, 15) is 9.18 Å². The van der Waals surface area contributed by atoms with Gasteiger partial charge in [-0.2, -0.15) is 0 Å². The van der Waals surface area contributed by atoms with Crippen molar-refractivity contribution in [3.05, 3.63) is 34.6 Å². The van der Waals surface area contributed by atoms with E-state index < -0.39 is 17.8 Å². The van der Waals surface area contributed by atoms with E-state index in [0.29, 0.717) is 0 Å². The molecule has 2 N–H and O–H groups in total. The van der Waals surface area contributed by atoms with Crippen molar-refractivity contribution >= 4 is 17.6 Å². The molecule has 1 rings (SSSR count). The molecule has 0 spiro atoms. The minimum Gasteiger partial charge on any atom is -0.468 e. The molecule has 0 amide bonds. The number of nitrogens with two attached hydrogens (primary N) is 1. The Morgan fingerprint density at radius 1 is 1.64 bits per heavy atom. The number of hydrogen-bond acceptors (Lipinski definition) is 3. The van der Waals surface area contributed by atoms with Crippen molar-refractivity contribution in [3.63, 3.8) is 0 Å². The normalized spacial score (nSPS) is 12.3. The van der Waals surface area contributed by atoms with Crippen LogP contribution in [0.25, 0.3) is 0 Å². The summed E-state index contributed by atoms with van der Waals surface area (Å²) in [6.07, 6.45) is 0. The van der Waals surface area contributed by atoms with Crippen molar-refractivity contribution in [2.75, 3.05) is 7.11 Å². The second-order valence-electron chi connectivity index (χ2n) is 2.64. The Morgan fingerprint density at radius 2 is 2.29 bits per heavy atom. The summed E-state index contributed by atoms with van der Waals surface area (Å²) in [6, 6.07) is 3.15. The topological polar surface area (TPSA) is 52.3 Å². The molecule has 0 aromatic heterocycles. The summed E-state index contributed by atoms with van der Waals surface area (Å²) in [4.78, 5) is 11.0. The van der Waals surface area contributed by atoms with E-state index in [1.807, 2.05) is 0 Å². The molecule has 0 saturated carbocycles. The minimum absolute atomic E-state index is 0.0318. The maximum atomic E-state index is 13.3. The van der Waals surface area contributed by atoms with Gasteiger partial charge in [0, 0.05) is 5.56 Å². The van der Waals surface area contributed by atoms with Crippen molar-refractivity contribution in [2.45, 2.75) is 6.04 Å². The van der Waals surface area contributed by atoms with Gasteiger partial charge in [-0.05, 0) is 6.07 Å². The first-order valence-corrected chi connectivity index (χ1v) is 4.23. The maximum Gasteiger partial charge on any atom is 0.327 e. The molecule has 0 radical (unpaired) electrons. The van der Waals surface area contributed by atoms with E-state index >= 15 is 0 Å². The number of benzene rings is 1. The van der Waals surface area contributed by atoms with Gasteiger partial charge in [-0.1, -0.05) is 23.7 Å². The molecule has 1 atom stereocenters. The van der Waals surface area contributed by atoms with Gasteiger partial charge in [0.25, 0.3) is 0 Å². The van der Waals surface area contributed by atoms with E-state index in [2.05, 4.69) is 4.74 Å². The van der Waals surface area contributed by atoms with Gasteiger partial charge in [-0.15, -0.1) is 0 Å². The molecule has 3 nitrogen and oxygen atoms in total. The van der Waals surface area contributed by atoms with Crippen molar-refractivity contribution in [1.29, 1.82) is 0 Å². The molecule has 1 aromatic carbocycles. The first-order chi connectivity index (χ1) is 6.57.